The second-order valence-corrected chi connectivity index (χ2v) is 10.1. The summed E-state index contributed by atoms with van der Waals surface area (Å²) in [7, 11) is 0. The summed E-state index contributed by atoms with van der Waals surface area (Å²) in [6.45, 7) is 0.444. The first kappa shape index (κ1) is 28.2. The average molecular weight is 588 g/mol. The largest absolute Gasteiger partial charge is 0.489 e. The predicted octanol–water partition coefficient (Wildman–Crippen LogP) is 4.55. The molecule has 10 nitrogen and oxygen atoms in total. The second kappa shape index (κ2) is 12.5. The van der Waals surface area contributed by atoms with Crippen molar-refractivity contribution in [3.63, 3.8) is 0 Å². The molecule has 3 aromatic carbocycles. The van der Waals surface area contributed by atoms with Gasteiger partial charge in [0.15, 0.2) is 5.82 Å². The maximum atomic E-state index is 13.8. The zero-order valence-corrected chi connectivity index (χ0v) is 23.6. The molecule has 2 amide bonds. The van der Waals surface area contributed by atoms with Crippen molar-refractivity contribution in [2.75, 3.05) is 0 Å². The highest BCUT2D eigenvalue weighted by Crippen LogP contribution is 2.28. The number of ether oxygens (including phenoxy) is 3. The van der Waals surface area contributed by atoms with Crippen LogP contribution >= 0.6 is 0 Å². The number of hydrogen-bond donors (Lipinski definition) is 2. The second-order valence-electron chi connectivity index (χ2n) is 10.1. The molecule has 3 heterocycles. The first-order chi connectivity index (χ1) is 21.5. The van der Waals surface area contributed by atoms with Gasteiger partial charge in [0.1, 0.15) is 30.9 Å². The lowest BCUT2D eigenvalue weighted by Gasteiger charge is -2.33. The zero-order chi connectivity index (χ0) is 30.4. The SMILES string of the molecule is NC(=O)C1(C(Cc2ccccc2)NC(=O)c2cccnc2-n2ccc(-c3cccc(OCc4ccccc4)c3)n2)OC=CO1. The van der Waals surface area contributed by atoms with Crippen molar-refractivity contribution >= 4 is 11.8 Å². The van der Waals surface area contributed by atoms with Gasteiger partial charge < -0.3 is 25.3 Å². The van der Waals surface area contributed by atoms with Crippen LogP contribution in [0.15, 0.2) is 128 Å². The Balaban J connectivity index is 1.24. The van der Waals surface area contributed by atoms with E-state index in [1.54, 1.807) is 24.5 Å². The predicted molar refractivity (Wildman–Crippen MR) is 162 cm³/mol. The molecule has 2 aromatic heterocycles. The van der Waals surface area contributed by atoms with Crippen molar-refractivity contribution in [1.29, 1.82) is 0 Å². The molecule has 0 aliphatic carbocycles. The van der Waals surface area contributed by atoms with Crippen LogP contribution < -0.4 is 15.8 Å². The first-order valence-corrected chi connectivity index (χ1v) is 14.0. The number of hydrogen-bond acceptors (Lipinski definition) is 7. The van der Waals surface area contributed by atoms with E-state index in [4.69, 9.17) is 25.0 Å². The number of carbonyl (C=O) groups excluding carboxylic acids is 2. The van der Waals surface area contributed by atoms with Crippen LogP contribution in [0.3, 0.4) is 0 Å². The highest BCUT2D eigenvalue weighted by Gasteiger charge is 2.51. The number of pyridine rings is 1. The minimum absolute atomic E-state index is 0.210. The van der Waals surface area contributed by atoms with Gasteiger partial charge in [-0.1, -0.05) is 72.8 Å². The van der Waals surface area contributed by atoms with E-state index in [1.165, 1.54) is 17.2 Å². The summed E-state index contributed by atoms with van der Waals surface area (Å²) < 4.78 is 18.6. The van der Waals surface area contributed by atoms with E-state index in [1.807, 2.05) is 91.0 Å². The third-order valence-corrected chi connectivity index (χ3v) is 7.15. The minimum Gasteiger partial charge on any atom is -0.489 e. The quantitative estimate of drug-likeness (QED) is 0.232. The molecular formula is C34H29N5O5. The summed E-state index contributed by atoms with van der Waals surface area (Å²) in [6, 6.07) is 31.0. The molecule has 0 spiro atoms. The lowest BCUT2D eigenvalue weighted by Crippen LogP contribution is -2.61. The van der Waals surface area contributed by atoms with Crippen molar-refractivity contribution in [1.82, 2.24) is 20.1 Å². The van der Waals surface area contributed by atoms with Gasteiger partial charge >= 0.3 is 11.7 Å². The Kier molecular flexibility index (Phi) is 8.04. The van der Waals surface area contributed by atoms with Gasteiger partial charge in [-0.3, -0.25) is 9.59 Å². The maximum Gasteiger partial charge on any atom is 0.352 e. The van der Waals surface area contributed by atoms with Crippen LogP contribution in [0.4, 0.5) is 0 Å². The molecule has 0 saturated carbocycles. The van der Waals surface area contributed by atoms with E-state index in [-0.39, 0.29) is 12.0 Å². The van der Waals surface area contributed by atoms with Crippen LogP contribution in [-0.2, 0) is 27.3 Å². The molecule has 3 N–H and O–H groups in total. The molecule has 220 valence electrons. The Morgan fingerprint density at radius 2 is 1.61 bits per heavy atom. The number of nitrogens with zero attached hydrogens (tertiary/aromatic N) is 3. The Hall–Kier alpha value is -5.90. The molecule has 0 radical (unpaired) electrons. The van der Waals surface area contributed by atoms with Gasteiger partial charge in [-0.25, -0.2) is 9.67 Å². The standard InChI is InChI=1S/C34H29N5O5/c35-33(41)34(43-19-20-44-34)30(21-24-9-3-1-4-10-24)37-32(40)28-15-8-17-36-31(28)39-18-16-29(38-39)26-13-7-14-27(22-26)42-23-25-11-5-2-6-12-25/h1-20,22,30H,21,23H2,(H2,35,41)(H,37,40). The Morgan fingerprint density at radius 1 is 0.886 bits per heavy atom. The third kappa shape index (κ3) is 6.00. The van der Waals surface area contributed by atoms with Crippen LogP contribution in [-0.4, -0.2) is 38.4 Å². The van der Waals surface area contributed by atoms with Gasteiger partial charge in [0.2, 0.25) is 0 Å². The van der Waals surface area contributed by atoms with Gasteiger partial charge in [-0.15, -0.1) is 0 Å². The normalized spacial score (nSPS) is 13.8. The van der Waals surface area contributed by atoms with Crippen molar-refractivity contribution in [3.05, 3.63) is 145 Å². The van der Waals surface area contributed by atoms with E-state index in [0.29, 0.717) is 23.9 Å². The molecular weight excluding hydrogens is 558 g/mol. The van der Waals surface area contributed by atoms with Crippen molar-refractivity contribution < 1.29 is 23.8 Å². The molecule has 1 unspecified atom stereocenters. The van der Waals surface area contributed by atoms with Crippen LogP contribution in [0, 0.1) is 0 Å². The van der Waals surface area contributed by atoms with Crippen molar-refractivity contribution in [3.8, 4) is 22.8 Å². The number of nitrogens with one attached hydrogen (secondary N) is 1. The summed E-state index contributed by atoms with van der Waals surface area (Å²) in [4.78, 5) is 30.8. The highest BCUT2D eigenvalue weighted by molar-refractivity contribution is 5.98. The lowest BCUT2D eigenvalue weighted by molar-refractivity contribution is -0.182. The Bertz CT molecular complexity index is 1780. The van der Waals surface area contributed by atoms with E-state index in [0.717, 1.165) is 16.7 Å². The van der Waals surface area contributed by atoms with Gasteiger partial charge in [0, 0.05) is 24.4 Å². The van der Waals surface area contributed by atoms with Crippen molar-refractivity contribution in [2.24, 2.45) is 5.73 Å². The molecule has 5 aromatic rings. The lowest BCUT2D eigenvalue weighted by atomic mass is 9.97. The number of rotatable bonds is 11. The Labute approximate surface area is 253 Å². The minimum atomic E-state index is -1.92. The maximum absolute atomic E-state index is 13.8. The fourth-order valence-electron chi connectivity index (χ4n) is 4.94. The summed E-state index contributed by atoms with van der Waals surface area (Å²) in [5.41, 5.74) is 9.37. The fourth-order valence-corrected chi connectivity index (χ4v) is 4.94. The summed E-state index contributed by atoms with van der Waals surface area (Å²) in [6.07, 6.45) is 5.98. The van der Waals surface area contributed by atoms with Crippen LogP contribution in [0.2, 0.25) is 0 Å². The highest BCUT2D eigenvalue weighted by atomic mass is 16.7. The number of amides is 2. The van der Waals surface area contributed by atoms with Crippen molar-refractivity contribution in [2.45, 2.75) is 24.9 Å². The van der Waals surface area contributed by atoms with Gasteiger partial charge in [-0.2, -0.15) is 5.10 Å². The number of aromatic nitrogens is 3. The van der Waals surface area contributed by atoms with E-state index < -0.39 is 23.6 Å². The first-order valence-electron chi connectivity index (χ1n) is 14.0. The number of primary amides is 1. The molecule has 1 atom stereocenters. The van der Waals surface area contributed by atoms with E-state index in [9.17, 15) is 9.59 Å². The number of nitrogens with two attached hydrogens (primary N) is 1. The summed E-state index contributed by atoms with van der Waals surface area (Å²) in [5.74, 6) is -2.30. The van der Waals surface area contributed by atoms with Gasteiger partial charge in [0.05, 0.1) is 11.3 Å². The Morgan fingerprint density at radius 3 is 2.34 bits per heavy atom. The third-order valence-electron chi connectivity index (χ3n) is 7.15. The summed E-state index contributed by atoms with van der Waals surface area (Å²) in [5, 5.41) is 7.61. The molecule has 0 saturated heterocycles. The molecule has 0 fully saturated rings. The van der Waals surface area contributed by atoms with Gasteiger partial charge in [-0.05, 0) is 41.5 Å². The number of carbonyl (C=O) groups is 2. The molecule has 10 heteroatoms. The van der Waals surface area contributed by atoms with E-state index >= 15 is 0 Å². The van der Waals surface area contributed by atoms with Crippen LogP contribution in [0.25, 0.3) is 17.1 Å². The average Bonchev–Trinajstić information content (AvgIpc) is 3.77. The van der Waals surface area contributed by atoms with E-state index in [2.05, 4.69) is 10.3 Å². The molecule has 0 bridgehead atoms. The zero-order valence-electron chi connectivity index (χ0n) is 23.6. The smallest absolute Gasteiger partial charge is 0.352 e. The van der Waals surface area contributed by atoms with Crippen LogP contribution in [0.1, 0.15) is 21.5 Å². The molecule has 1 aliphatic rings. The van der Waals surface area contributed by atoms with Gasteiger partial charge in [0.25, 0.3) is 5.91 Å². The molecule has 44 heavy (non-hydrogen) atoms. The molecule has 1 aliphatic heterocycles. The number of benzene rings is 3. The monoisotopic (exact) mass is 587 g/mol. The summed E-state index contributed by atoms with van der Waals surface area (Å²) >= 11 is 0. The van der Waals surface area contributed by atoms with Crippen LogP contribution in [0.5, 0.6) is 5.75 Å². The topological polar surface area (TPSA) is 131 Å². The molecule has 6 rings (SSSR count). The fraction of sp³-hybridized carbons (Fsp3) is 0.118.